The molecule has 0 aliphatic rings. The molecular formula is C12H18FNO. The minimum absolute atomic E-state index is 0.0284. The Kier molecular flexibility index (Phi) is 4.72. The fourth-order valence-corrected chi connectivity index (χ4v) is 1.73. The van der Waals surface area contributed by atoms with Crippen molar-refractivity contribution in [2.75, 3.05) is 13.7 Å². The number of ether oxygens (including phenoxy) is 1. The van der Waals surface area contributed by atoms with Gasteiger partial charge in [0, 0.05) is 6.61 Å². The highest BCUT2D eigenvalue weighted by Gasteiger charge is 2.17. The molecule has 0 radical (unpaired) electrons. The van der Waals surface area contributed by atoms with Crippen LogP contribution in [0, 0.1) is 5.82 Å². The van der Waals surface area contributed by atoms with E-state index in [1.165, 1.54) is 12.1 Å². The Morgan fingerprint density at radius 2 is 2.20 bits per heavy atom. The fraction of sp³-hybridized carbons (Fsp3) is 0.500. The second-order valence-electron chi connectivity index (χ2n) is 3.48. The average molecular weight is 211 g/mol. The second-order valence-corrected chi connectivity index (χ2v) is 3.48. The largest absolute Gasteiger partial charge is 0.377 e. The lowest BCUT2D eigenvalue weighted by molar-refractivity contribution is 0.0492. The van der Waals surface area contributed by atoms with Crippen molar-refractivity contribution in [2.45, 2.75) is 26.0 Å². The topological polar surface area (TPSA) is 21.3 Å². The number of hydrogen-bond donors (Lipinski definition) is 1. The number of benzene rings is 1. The van der Waals surface area contributed by atoms with Crippen molar-refractivity contribution in [1.82, 2.24) is 5.32 Å². The van der Waals surface area contributed by atoms with Crippen LogP contribution >= 0.6 is 0 Å². The summed E-state index contributed by atoms with van der Waals surface area (Å²) in [6, 6.07) is 6.63. The van der Waals surface area contributed by atoms with Crippen molar-refractivity contribution in [3.63, 3.8) is 0 Å². The van der Waals surface area contributed by atoms with Crippen molar-refractivity contribution in [3.05, 3.63) is 35.6 Å². The lowest BCUT2D eigenvalue weighted by Gasteiger charge is -2.23. The molecule has 1 aromatic carbocycles. The first-order valence-corrected chi connectivity index (χ1v) is 5.23. The van der Waals surface area contributed by atoms with Crippen LogP contribution < -0.4 is 5.32 Å². The van der Waals surface area contributed by atoms with Gasteiger partial charge in [0.15, 0.2) is 0 Å². The predicted molar refractivity (Wildman–Crippen MR) is 59.3 cm³/mol. The van der Waals surface area contributed by atoms with Crippen molar-refractivity contribution >= 4 is 0 Å². The van der Waals surface area contributed by atoms with Crippen molar-refractivity contribution < 1.29 is 9.13 Å². The monoisotopic (exact) mass is 211 g/mol. The van der Waals surface area contributed by atoms with E-state index in [4.69, 9.17) is 4.74 Å². The predicted octanol–water partition coefficient (Wildman–Crippen LogP) is 2.51. The van der Waals surface area contributed by atoms with Gasteiger partial charge in [-0.2, -0.15) is 0 Å². The van der Waals surface area contributed by atoms with Gasteiger partial charge in [0.25, 0.3) is 0 Å². The molecule has 0 saturated heterocycles. The maximum absolute atomic E-state index is 13.0. The zero-order valence-electron chi connectivity index (χ0n) is 9.46. The molecule has 0 heterocycles. The van der Waals surface area contributed by atoms with E-state index in [0.29, 0.717) is 6.61 Å². The van der Waals surface area contributed by atoms with Crippen LogP contribution in [0.4, 0.5) is 4.39 Å². The zero-order valence-corrected chi connectivity index (χ0v) is 9.46. The minimum Gasteiger partial charge on any atom is -0.377 e. The number of halogens is 1. The average Bonchev–Trinajstić information content (AvgIpc) is 2.19. The fourth-order valence-electron chi connectivity index (χ4n) is 1.73. The number of nitrogens with one attached hydrogen (secondary N) is 1. The molecule has 0 aliphatic heterocycles. The molecule has 1 rings (SSSR count). The number of likely N-dealkylation sites (N-methyl/N-ethyl adjacent to an activating group) is 1. The van der Waals surface area contributed by atoms with E-state index in [-0.39, 0.29) is 18.0 Å². The molecule has 2 nitrogen and oxygen atoms in total. The van der Waals surface area contributed by atoms with Gasteiger partial charge in [-0.05, 0) is 38.6 Å². The lowest BCUT2D eigenvalue weighted by atomic mass is 10.0. The van der Waals surface area contributed by atoms with Gasteiger partial charge in [-0.15, -0.1) is 0 Å². The third-order valence-electron chi connectivity index (χ3n) is 2.42. The summed E-state index contributed by atoms with van der Waals surface area (Å²) in [5.74, 6) is -0.212. The molecule has 2 unspecified atom stereocenters. The molecular weight excluding hydrogens is 193 g/mol. The Balaban J connectivity index is 2.82. The molecule has 1 N–H and O–H groups in total. The minimum atomic E-state index is -0.212. The molecule has 0 bridgehead atoms. The maximum atomic E-state index is 13.0. The van der Waals surface area contributed by atoms with Crippen molar-refractivity contribution in [3.8, 4) is 0 Å². The van der Waals surface area contributed by atoms with E-state index < -0.39 is 0 Å². The van der Waals surface area contributed by atoms with Gasteiger partial charge in [0.1, 0.15) is 5.82 Å². The van der Waals surface area contributed by atoms with Crippen molar-refractivity contribution in [2.24, 2.45) is 0 Å². The number of rotatable bonds is 5. The van der Waals surface area contributed by atoms with Crippen LogP contribution in [0.25, 0.3) is 0 Å². The van der Waals surface area contributed by atoms with E-state index in [1.54, 1.807) is 6.07 Å². The van der Waals surface area contributed by atoms with Gasteiger partial charge in [-0.3, -0.25) is 0 Å². The van der Waals surface area contributed by atoms with Crippen molar-refractivity contribution in [1.29, 1.82) is 0 Å². The second kappa shape index (κ2) is 5.83. The van der Waals surface area contributed by atoms with E-state index in [9.17, 15) is 4.39 Å². The van der Waals surface area contributed by atoms with E-state index in [0.717, 1.165) is 5.56 Å². The molecule has 0 fully saturated rings. The number of hydrogen-bond acceptors (Lipinski definition) is 2. The highest BCUT2D eigenvalue weighted by molar-refractivity contribution is 5.21. The molecule has 0 aromatic heterocycles. The van der Waals surface area contributed by atoms with Gasteiger partial charge in [-0.1, -0.05) is 12.1 Å². The quantitative estimate of drug-likeness (QED) is 0.808. The third kappa shape index (κ3) is 3.29. The van der Waals surface area contributed by atoms with Crippen LogP contribution in [0.1, 0.15) is 25.5 Å². The van der Waals surface area contributed by atoms with Crippen LogP contribution in [-0.2, 0) is 4.74 Å². The Morgan fingerprint density at radius 1 is 1.47 bits per heavy atom. The van der Waals surface area contributed by atoms with Crippen LogP contribution in [-0.4, -0.2) is 19.8 Å². The normalized spacial score (nSPS) is 14.9. The van der Waals surface area contributed by atoms with Gasteiger partial charge < -0.3 is 10.1 Å². The molecule has 1 aromatic rings. The summed E-state index contributed by atoms with van der Waals surface area (Å²) in [4.78, 5) is 0. The van der Waals surface area contributed by atoms with Gasteiger partial charge in [-0.25, -0.2) is 4.39 Å². The molecule has 84 valence electrons. The zero-order chi connectivity index (χ0) is 11.3. The first-order valence-electron chi connectivity index (χ1n) is 5.23. The Hall–Kier alpha value is -0.930. The van der Waals surface area contributed by atoms with E-state index in [2.05, 4.69) is 5.32 Å². The van der Waals surface area contributed by atoms with Crippen LogP contribution in [0.2, 0.25) is 0 Å². The highest BCUT2D eigenvalue weighted by Crippen LogP contribution is 2.19. The van der Waals surface area contributed by atoms with Crippen LogP contribution in [0.15, 0.2) is 24.3 Å². The maximum Gasteiger partial charge on any atom is 0.123 e. The molecule has 0 spiro atoms. The first-order chi connectivity index (χ1) is 7.19. The van der Waals surface area contributed by atoms with Gasteiger partial charge in [0.2, 0.25) is 0 Å². The highest BCUT2D eigenvalue weighted by atomic mass is 19.1. The molecule has 15 heavy (non-hydrogen) atoms. The Bertz CT molecular complexity index is 303. The smallest absolute Gasteiger partial charge is 0.123 e. The van der Waals surface area contributed by atoms with Crippen LogP contribution in [0.5, 0.6) is 0 Å². The molecule has 2 atom stereocenters. The SMILES string of the molecule is CCOC(C)C(NC)c1cccc(F)c1. The molecule has 3 heteroatoms. The summed E-state index contributed by atoms with van der Waals surface area (Å²) in [5, 5.41) is 3.14. The van der Waals surface area contributed by atoms with E-state index >= 15 is 0 Å². The summed E-state index contributed by atoms with van der Waals surface area (Å²) in [6.45, 7) is 4.60. The Labute approximate surface area is 90.4 Å². The summed E-state index contributed by atoms with van der Waals surface area (Å²) in [5.41, 5.74) is 0.915. The first kappa shape index (κ1) is 12.1. The van der Waals surface area contributed by atoms with Gasteiger partial charge in [0.05, 0.1) is 12.1 Å². The summed E-state index contributed by atoms with van der Waals surface area (Å²) in [7, 11) is 1.85. The Morgan fingerprint density at radius 3 is 2.73 bits per heavy atom. The lowest BCUT2D eigenvalue weighted by Crippen LogP contribution is -2.29. The summed E-state index contributed by atoms with van der Waals surface area (Å²) >= 11 is 0. The van der Waals surface area contributed by atoms with Crippen LogP contribution in [0.3, 0.4) is 0 Å². The van der Waals surface area contributed by atoms with Gasteiger partial charge >= 0.3 is 0 Å². The third-order valence-corrected chi connectivity index (χ3v) is 2.42. The molecule has 0 aliphatic carbocycles. The standard InChI is InChI=1S/C12H18FNO/c1-4-15-9(2)12(14-3)10-6-5-7-11(13)8-10/h5-9,12,14H,4H2,1-3H3. The molecule has 0 amide bonds. The summed E-state index contributed by atoms with van der Waals surface area (Å²) < 4.78 is 18.5. The van der Waals surface area contributed by atoms with E-state index in [1.807, 2.05) is 27.0 Å². The molecule has 0 saturated carbocycles. The summed E-state index contributed by atoms with van der Waals surface area (Å²) in [6.07, 6.45) is 0.0294.